The standard InChI is InChI=1S/C34H50Cl2N4O11S/c1-3-47-14-15-48-11-8-37-33(43)31(41)32(42)34(44)38-9-12-49-16-18-51-19-17-50-13-10-39-52(45,46)26-6-4-24(5-7-26)28-22-40(2)23-29-27(28)20-25(35)21-30(29)36/h4-7,20-21,28,31-32,39,41-42H,3,8-19,22-23H2,1-2H3,(H,37,43)(H,38,44)/t28-,31?,32?/m1/s1. The van der Waals surface area contributed by atoms with Crippen LogP contribution in [0.1, 0.15) is 29.5 Å². The molecule has 3 atom stereocenters. The zero-order valence-electron chi connectivity index (χ0n) is 29.5. The van der Waals surface area contributed by atoms with Crippen molar-refractivity contribution >= 4 is 45.0 Å². The van der Waals surface area contributed by atoms with E-state index in [1.807, 2.05) is 32.2 Å². The summed E-state index contributed by atoms with van der Waals surface area (Å²) >= 11 is 12.8. The molecule has 3 rings (SSSR count). The minimum absolute atomic E-state index is 0.00100. The van der Waals surface area contributed by atoms with E-state index in [4.69, 9.17) is 46.9 Å². The van der Waals surface area contributed by atoms with E-state index in [1.165, 1.54) is 0 Å². The third-order valence-electron chi connectivity index (χ3n) is 7.87. The molecule has 0 saturated carbocycles. The first-order valence-corrected chi connectivity index (χ1v) is 19.2. The van der Waals surface area contributed by atoms with E-state index in [-0.39, 0.29) is 76.7 Å². The minimum atomic E-state index is -3.74. The van der Waals surface area contributed by atoms with Crippen LogP contribution in [0.15, 0.2) is 41.3 Å². The second-order valence-corrected chi connectivity index (χ2v) is 14.4. The van der Waals surface area contributed by atoms with Crippen molar-refractivity contribution < 1.29 is 51.9 Å². The number of aliphatic hydroxyl groups excluding tert-OH is 2. The summed E-state index contributed by atoms with van der Waals surface area (Å²) in [5, 5.41) is 25.8. The van der Waals surface area contributed by atoms with Gasteiger partial charge in [-0.15, -0.1) is 0 Å². The first-order valence-electron chi connectivity index (χ1n) is 17.0. The number of hydrogen-bond donors (Lipinski definition) is 5. The maximum Gasteiger partial charge on any atom is 0.252 e. The minimum Gasteiger partial charge on any atom is -0.380 e. The molecule has 1 aliphatic rings. The van der Waals surface area contributed by atoms with Gasteiger partial charge in [0.25, 0.3) is 11.8 Å². The van der Waals surface area contributed by atoms with Crippen molar-refractivity contribution in [2.24, 2.45) is 0 Å². The number of amides is 2. The molecule has 0 bridgehead atoms. The van der Waals surface area contributed by atoms with E-state index in [9.17, 15) is 28.2 Å². The van der Waals surface area contributed by atoms with Crippen LogP contribution in [0.3, 0.4) is 0 Å². The van der Waals surface area contributed by atoms with Gasteiger partial charge in [0.15, 0.2) is 12.2 Å². The molecular weight excluding hydrogens is 743 g/mol. The predicted octanol–water partition coefficient (Wildman–Crippen LogP) is 0.906. The Morgan fingerprint density at radius 3 is 1.85 bits per heavy atom. The van der Waals surface area contributed by atoms with Gasteiger partial charge in [-0.3, -0.25) is 9.59 Å². The molecule has 5 N–H and O–H groups in total. The Balaban J connectivity index is 1.21. The fourth-order valence-corrected chi connectivity index (χ4v) is 6.82. The molecule has 0 saturated heterocycles. The van der Waals surface area contributed by atoms with Crippen molar-refractivity contribution in [2.75, 3.05) is 99.3 Å². The van der Waals surface area contributed by atoms with E-state index in [2.05, 4.69) is 20.3 Å². The lowest BCUT2D eigenvalue weighted by atomic mass is 9.85. The third-order valence-corrected chi connectivity index (χ3v) is 9.90. The number of carbonyl (C=O) groups is 2. The summed E-state index contributed by atoms with van der Waals surface area (Å²) in [7, 11) is -1.72. The fourth-order valence-electron chi connectivity index (χ4n) is 5.24. The van der Waals surface area contributed by atoms with Crippen molar-refractivity contribution in [1.29, 1.82) is 0 Å². The van der Waals surface area contributed by atoms with Gasteiger partial charge in [-0.1, -0.05) is 35.3 Å². The van der Waals surface area contributed by atoms with Gasteiger partial charge in [0.1, 0.15) is 0 Å². The highest BCUT2D eigenvalue weighted by molar-refractivity contribution is 7.89. The average Bonchev–Trinajstić information content (AvgIpc) is 3.12. The molecule has 2 amide bonds. The number of sulfonamides is 1. The number of nitrogens with one attached hydrogen (secondary N) is 3. The van der Waals surface area contributed by atoms with E-state index in [0.717, 1.165) is 23.2 Å². The summed E-state index contributed by atoms with van der Waals surface area (Å²) in [6.07, 6.45) is -3.88. The number of fused-ring (bicyclic) bond motifs is 1. The van der Waals surface area contributed by atoms with Crippen molar-refractivity contribution in [3.05, 3.63) is 63.1 Å². The second kappa shape index (κ2) is 23.4. The maximum atomic E-state index is 12.8. The predicted molar refractivity (Wildman–Crippen MR) is 194 cm³/mol. The van der Waals surface area contributed by atoms with E-state index >= 15 is 0 Å². The van der Waals surface area contributed by atoms with Crippen LogP contribution in [-0.4, -0.2) is 147 Å². The number of rotatable bonds is 25. The number of aliphatic hydroxyl groups is 2. The lowest BCUT2D eigenvalue weighted by Crippen LogP contribution is -2.50. The van der Waals surface area contributed by atoms with Gasteiger partial charge in [0.2, 0.25) is 10.0 Å². The average molecular weight is 794 g/mol. The Kier molecular flexibility index (Phi) is 19.7. The topological polar surface area (TPSA) is 194 Å². The van der Waals surface area contributed by atoms with Crippen molar-refractivity contribution in [2.45, 2.75) is 36.5 Å². The molecule has 52 heavy (non-hydrogen) atoms. The number of likely N-dealkylation sites (N-methyl/N-ethyl adjacent to an activating group) is 1. The van der Waals surface area contributed by atoms with E-state index in [0.29, 0.717) is 36.4 Å². The van der Waals surface area contributed by atoms with Crippen LogP contribution >= 0.6 is 23.2 Å². The number of carbonyl (C=O) groups excluding carboxylic acids is 2. The molecule has 2 unspecified atom stereocenters. The van der Waals surface area contributed by atoms with Gasteiger partial charge in [0.05, 0.1) is 64.4 Å². The van der Waals surface area contributed by atoms with Crippen molar-refractivity contribution in [3.8, 4) is 0 Å². The van der Waals surface area contributed by atoms with Crippen molar-refractivity contribution in [3.63, 3.8) is 0 Å². The number of nitrogens with zero attached hydrogens (tertiary/aromatic N) is 1. The molecule has 292 valence electrons. The zero-order chi connectivity index (χ0) is 37.9. The molecule has 1 aliphatic heterocycles. The van der Waals surface area contributed by atoms with Crippen molar-refractivity contribution in [1.82, 2.24) is 20.3 Å². The molecule has 0 aliphatic carbocycles. The molecule has 0 aromatic heterocycles. The second-order valence-electron chi connectivity index (χ2n) is 11.8. The van der Waals surface area contributed by atoms with Gasteiger partial charge < -0.3 is 49.4 Å². The Hall–Kier alpha value is -2.45. The lowest BCUT2D eigenvalue weighted by molar-refractivity contribution is -0.146. The Morgan fingerprint density at radius 1 is 0.808 bits per heavy atom. The molecule has 0 spiro atoms. The number of halogens is 2. The molecule has 0 fully saturated rings. The van der Waals surface area contributed by atoms with Crippen LogP contribution in [-0.2, 0) is 49.8 Å². The SMILES string of the molecule is CCOCCOCCNC(=O)C(O)C(O)C(=O)NCCOCCOCCOCCNS(=O)(=O)c1ccc([C@H]2CN(C)Cc3c(Cl)cc(Cl)cc32)cc1. The molecule has 1 heterocycles. The van der Waals surface area contributed by atoms with Crippen LogP contribution in [0.25, 0.3) is 0 Å². The van der Waals surface area contributed by atoms with Gasteiger partial charge in [-0.05, 0) is 54.9 Å². The fraction of sp³-hybridized carbons (Fsp3) is 0.588. The molecule has 15 nitrogen and oxygen atoms in total. The number of hydrogen-bond acceptors (Lipinski definition) is 12. The summed E-state index contributed by atoms with van der Waals surface area (Å²) in [6.45, 7) is 6.32. The quantitative estimate of drug-likeness (QED) is 0.0894. The highest BCUT2D eigenvalue weighted by Crippen LogP contribution is 2.38. The molecule has 0 radical (unpaired) electrons. The van der Waals surface area contributed by atoms with Crippen LogP contribution in [0.5, 0.6) is 0 Å². The summed E-state index contributed by atoms with van der Waals surface area (Å²) in [5.74, 6) is -1.81. The lowest BCUT2D eigenvalue weighted by Gasteiger charge is -2.33. The smallest absolute Gasteiger partial charge is 0.252 e. The molecule has 2 aromatic rings. The highest BCUT2D eigenvalue weighted by atomic mass is 35.5. The number of ether oxygens (including phenoxy) is 5. The van der Waals surface area contributed by atoms with Crippen LogP contribution in [0.2, 0.25) is 10.0 Å². The van der Waals surface area contributed by atoms with Gasteiger partial charge >= 0.3 is 0 Å². The Bertz CT molecular complexity index is 1500. The molecule has 18 heteroatoms. The first-order chi connectivity index (χ1) is 24.9. The third kappa shape index (κ3) is 14.8. The summed E-state index contributed by atoms with van der Waals surface area (Å²) in [4.78, 5) is 26.3. The molecule has 2 aromatic carbocycles. The maximum absolute atomic E-state index is 12.8. The Labute approximate surface area is 315 Å². The normalized spacial score (nSPS) is 15.9. The van der Waals surface area contributed by atoms with Crippen LogP contribution in [0, 0.1) is 0 Å². The van der Waals surface area contributed by atoms with E-state index < -0.39 is 34.0 Å². The monoisotopic (exact) mass is 792 g/mol. The van der Waals surface area contributed by atoms with Gasteiger partial charge in [-0.25, -0.2) is 13.1 Å². The van der Waals surface area contributed by atoms with Gasteiger partial charge in [-0.2, -0.15) is 0 Å². The van der Waals surface area contributed by atoms with Crippen LogP contribution < -0.4 is 15.4 Å². The molecular formula is C34H50Cl2N4O11S. The van der Waals surface area contributed by atoms with Gasteiger partial charge in [0, 0.05) is 55.3 Å². The highest BCUT2D eigenvalue weighted by Gasteiger charge is 2.30. The summed E-state index contributed by atoms with van der Waals surface area (Å²) in [5.41, 5.74) is 3.03. The number of benzene rings is 2. The zero-order valence-corrected chi connectivity index (χ0v) is 31.8. The summed E-state index contributed by atoms with van der Waals surface area (Å²) in [6, 6.07) is 10.5. The van der Waals surface area contributed by atoms with E-state index in [1.54, 1.807) is 18.2 Å². The largest absolute Gasteiger partial charge is 0.380 e. The van der Waals surface area contributed by atoms with Crippen LogP contribution in [0.4, 0.5) is 0 Å². The summed E-state index contributed by atoms with van der Waals surface area (Å²) < 4.78 is 54.8. The first kappa shape index (κ1) is 44.0. The Morgan fingerprint density at radius 2 is 1.31 bits per heavy atom.